The quantitative estimate of drug-likeness (QED) is 0.519. The number of carbonyl (C=O) groups is 1. The molecule has 0 saturated carbocycles. The van der Waals surface area contributed by atoms with Crippen LogP contribution in [0.25, 0.3) is 0 Å². The summed E-state index contributed by atoms with van der Waals surface area (Å²) < 4.78 is 5.53. The number of alkyl halides is 1. The third kappa shape index (κ3) is 1.96. The minimum atomic E-state index is -0.307. The van der Waals surface area contributed by atoms with Crippen LogP contribution in [0.4, 0.5) is 0 Å². The van der Waals surface area contributed by atoms with Crippen molar-refractivity contribution < 1.29 is 9.53 Å². The first-order valence-corrected chi connectivity index (χ1v) is 5.07. The van der Waals surface area contributed by atoms with Gasteiger partial charge in [0.15, 0.2) is 0 Å². The number of H-pyrrole nitrogens is 1. The minimum absolute atomic E-state index is 0.307. The summed E-state index contributed by atoms with van der Waals surface area (Å²) >= 11 is 2.15. The van der Waals surface area contributed by atoms with E-state index in [1.54, 1.807) is 13.1 Å². The molecule has 0 amide bonds. The van der Waals surface area contributed by atoms with Crippen molar-refractivity contribution in [1.82, 2.24) is 10.2 Å². The Morgan fingerprint density at radius 2 is 2.58 bits per heavy atom. The van der Waals surface area contributed by atoms with E-state index >= 15 is 0 Å². The molecule has 0 aromatic carbocycles. The minimum Gasteiger partial charge on any atom is -0.462 e. The van der Waals surface area contributed by atoms with Crippen LogP contribution in [-0.2, 0) is 9.16 Å². The van der Waals surface area contributed by atoms with Gasteiger partial charge in [0, 0.05) is 10.6 Å². The van der Waals surface area contributed by atoms with Crippen LogP contribution in [0.5, 0.6) is 0 Å². The van der Waals surface area contributed by atoms with Crippen molar-refractivity contribution in [1.29, 1.82) is 0 Å². The lowest BCUT2D eigenvalue weighted by molar-refractivity contribution is 0.0525. The molecule has 0 aliphatic rings. The summed E-state index contributed by atoms with van der Waals surface area (Å²) in [6.07, 6.45) is 1.56. The molecule has 0 atom stereocenters. The second kappa shape index (κ2) is 4.44. The summed E-state index contributed by atoms with van der Waals surface area (Å²) in [6, 6.07) is 0. The Hall–Kier alpha value is -0.590. The number of esters is 1. The zero-order valence-electron chi connectivity index (χ0n) is 6.63. The van der Waals surface area contributed by atoms with Gasteiger partial charge < -0.3 is 4.74 Å². The second-order valence-electron chi connectivity index (χ2n) is 2.10. The summed E-state index contributed by atoms with van der Waals surface area (Å²) in [5, 5.41) is 6.54. The fraction of sp³-hybridized carbons (Fsp3) is 0.429. The standard InChI is InChI=1S/C7H9IN2O2/c1-2-12-7(11)5-4-9-10-6(5)3-8/h4H,2-3H2,1H3,(H,9,10). The molecule has 0 bridgehead atoms. The van der Waals surface area contributed by atoms with Crippen molar-refractivity contribution in [3.8, 4) is 0 Å². The van der Waals surface area contributed by atoms with E-state index in [2.05, 4.69) is 32.8 Å². The lowest BCUT2D eigenvalue weighted by atomic mass is 10.3. The zero-order valence-corrected chi connectivity index (χ0v) is 8.79. The Labute approximate surface area is 83.8 Å². The number of nitrogens with zero attached hydrogens (tertiary/aromatic N) is 1. The molecule has 12 heavy (non-hydrogen) atoms. The van der Waals surface area contributed by atoms with Gasteiger partial charge in [-0.3, -0.25) is 5.10 Å². The number of ether oxygens (including phenoxy) is 1. The van der Waals surface area contributed by atoms with Crippen LogP contribution in [-0.4, -0.2) is 22.8 Å². The molecule has 1 aromatic rings. The van der Waals surface area contributed by atoms with E-state index in [0.717, 1.165) is 5.69 Å². The molecule has 0 spiro atoms. The maximum absolute atomic E-state index is 11.2. The van der Waals surface area contributed by atoms with Gasteiger partial charge in [0.1, 0.15) is 5.56 Å². The van der Waals surface area contributed by atoms with Gasteiger partial charge in [-0.15, -0.1) is 0 Å². The Morgan fingerprint density at radius 3 is 3.17 bits per heavy atom. The lowest BCUT2D eigenvalue weighted by Crippen LogP contribution is -2.05. The first kappa shape index (κ1) is 9.50. The highest BCUT2D eigenvalue weighted by molar-refractivity contribution is 14.1. The third-order valence-electron chi connectivity index (χ3n) is 1.34. The van der Waals surface area contributed by atoms with Crippen molar-refractivity contribution in [2.45, 2.75) is 11.4 Å². The first-order valence-electron chi connectivity index (χ1n) is 3.55. The smallest absolute Gasteiger partial charge is 0.341 e. The van der Waals surface area contributed by atoms with E-state index in [9.17, 15) is 4.79 Å². The Kier molecular flexibility index (Phi) is 3.51. The monoisotopic (exact) mass is 280 g/mol. The topological polar surface area (TPSA) is 55.0 Å². The molecule has 0 aliphatic heterocycles. The summed E-state index contributed by atoms with van der Waals surface area (Å²) in [4.78, 5) is 11.2. The van der Waals surface area contributed by atoms with Crippen LogP contribution < -0.4 is 0 Å². The summed E-state index contributed by atoms with van der Waals surface area (Å²) in [5.41, 5.74) is 1.28. The van der Waals surface area contributed by atoms with Gasteiger partial charge in [-0.1, -0.05) is 22.6 Å². The van der Waals surface area contributed by atoms with Crippen molar-refractivity contribution in [2.24, 2.45) is 0 Å². The van der Waals surface area contributed by atoms with Gasteiger partial charge in [0.25, 0.3) is 0 Å². The van der Waals surface area contributed by atoms with E-state index in [0.29, 0.717) is 16.6 Å². The second-order valence-corrected chi connectivity index (χ2v) is 2.86. The molecule has 1 N–H and O–H groups in total. The molecule has 0 unspecified atom stereocenters. The largest absolute Gasteiger partial charge is 0.462 e. The molecule has 0 fully saturated rings. The van der Waals surface area contributed by atoms with Crippen molar-refractivity contribution in [3.05, 3.63) is 17.5 Å². The maximum Gasteiger partial charge on any atom is 0.341 e. The number of halogens is 1. The highest BCUT2D eigenvalue weighted by Crippen LogP contribution is 2.10. The number of hydrogen-bond donors (Lipinski definition) is 1. The Morgan fingerprint density at radius 1 is 1.83 bits per heavy atom. The van der Waals surface area contributed by atoms with Gasteiger partial charge >= 0.3 is 5.97 Å². The fourth-order valence-corrected chi connectivity index (χ4v) is 1.39. The average molecular weight is 280 g/mol. The van der Waals surface area contributed by atoms with E-state index in [-0.39, 0.29) is 5.97 Å². The molecule has 4 nitrogen and oxygen atoms in total. The Bertz CT molecular complexity index is 272. The van der Waals surface area contributed by atoms with Crippen LogP contribution in [0.3, 0.4) is 0 Å². The normalized spacial score (nSPS) is 9.83. The predicted molar refractivity (Wildman–Crippen MR) is 52.3 cm³/mol. The van der Waals surface area contributed by atoms with E-state index in [4.69, 9.17) is 4.74 Å². The lowest BCUT2D eigenvalue weighted by Gasteiger charge is -1.98. The predicted octanol–water partition coefficient (Wildman–Crippen LogP) is 1.52. The van der Waals surface area contributed by atoms with Crippen molar-refractivity contribution in [2.75, 3.05) is 6.61 Å². The van der Waals surface area contributed by atoms with Crippen molar-refractivity contribution >= 4 is 28.6 Å². The zero-order chi connectivity index (χ0) is 8.97. The summed E-state index contributed by atoms with van der Waals surface area (Å²) in [6.45, 7) is 2.17. The summed E-state index contributed by atoms with van der Waals surface area (Å²) in [5.74, 6) is -0.307. The average Bonchev–Trinajstić information content (AvgIpc) is 2.51. The maximum atomic E-state index is 11.2. The van der Waals surface area contributed by atoms with E-state index < -0.39 is 0 Å². The molecular formula is C7H9IN2O2. The van der Waals surface area contributed by atoms with E-state index in [1.165, 1.54) is 0 Å². The van der Waals surface area contributed by atoms with Gasteiger partial charge in [0.2, 0.25) is 0 Å². The molecule has 1 aromatic heterocycles. The first-order chi connectivity index (χ1) is 5.79. The Balaban J connectivity index is 2.79. The molecule has 0 radical (unpaired) electrons. The summed E-state index contributed by atoms with van der Waals surface area (Å²) in [7, 11) is 0. The number of hydrogen-bond acceptors (Lipinski definition) is 3. The SMILES string of the molecule is CCOC(=O)c1c[nH]nc1CI. The fourth-order valence-electron chi connectivity index (χ4n) is 0.806. The number of aromatic amines is 1. The molecular weight excluding hydrogens is 271 g/mol. The van der Waals surface area contributed by atoms with Crippen LogP contribution in [0.15, 0.2) is 6.20 Å². The number of rotatable bonds is 3. The molecule has 5 heteroatoms. The number of nitrogens with one attached hydrogen (secondary N) is 1. The number of aromatic nitrogens is 2. The van der Waals surface area contributed by atoms with Crippen LogP contribution in [0.1, 0.15) is 23.0 Å². The van der Waals surface area contributed by atoms with Crippen LogP contribution in [0.2, 0.25) is 0 Å². The molecule has 1 rings (SSSR count). The van der Waals surface area contributed by atoms with E-state index in [1.807, 2.05) is 0 Å². The van der Waals surface area contributed by atoms with Gasteiger partial charge in [0.05, 0.1) is 12.3 Å². The number of carbonyl (C=O) groups excluding carboxylic acids is 1. The molecule has 0 aliphatic carbocycles. The van der Waals surface area contributed by atoms with Gasteiger partial charge in [-0.25, -0.2) is 4.79 Å². The van der Waals surface area contributed by atoms with Gasteiger partial charge in [-0.2, -0.15) is 5.10 Å². The third-order valence-corrected chi connectivity index (χ3v) is 2.06. The van der Waals surface area contributed by atoms with Crippen LogP contribution >= 0.6 is 22.6 Å². The molecule has 66 valence electrons. The van der Waals surface area contributed by atoms with Crippen LogP contribution in [0, 0.1) is 0 Å². The highest BCUT2D eigenvalue weighted by atomic mass is 127. The molecule has 1 heterocycles. The van der Waals surface area contributed by atoms with Gasteiger partial charge in [-0.05, 0) is 6.92 Å². The van der Waals surface area contributed by atoms with Crippen molar-refractivity contribution in [3.63, 3.8) is 0 Å². The highest BCUT2D eigenvalue weighted by Gasteiger charge is 2.13. The molecule has 0 saturated heterocycles.